The topological polar surface area (TPSA) is 72.1 Å². The number of carbonyl (C=O) groups excluding carboxylic acids is 1. The van der Waals surface area contributed by atoms with E-state index < -0.39 is 5.82 Å². The van der Waals surface area contributed by atoms with E-state index in [1.165, 1.54) is 12.1 Å². The summed E-state index contributed by atoms with van der Waals surface area (Å²) in [6.45, 7) is 1.08. The Labute approximate surface area is 166 Å². The lowest BCUT2D eigenvalue weighted by atomic mass is 9.96. The minimum Gasteiger partial charge on any atom is -0.342 e. The van der Waals surface area contributed by atoms with Gasteiger partial charge in [-0.2, -0.15) is 4.98 Å². The molecule has 1 aromatic carbocycles. The van der Waals surface area contributed by atoms with Crippen molar-refractivity contribution < 1.29 is 13.7 Å². The second-order valence-electron chi connectivity index (χ2n) is 6.73. The first-order valence-electron chi connectivity index (χ1n) is 9.07. The first-order chi connectivity index (χ1) is 13.6. The van der Waals surface area contributed by atoms with Crippen molar-refractivity contribution in [2.24, 2.45) is 0 Å². The van der Waals surface area contributed by atoms with E-state index >= 15 is 0 Å². The molecular formula is C20H18ClFN4O2. The van der Waals surface area contributed by atoms with E-state index in [9.17, 15) is 9.18 Å². The average Bonchev–Trinajstić information content (AvgIpc) is 3.22. The van der Waals surface area contributed by atoms with E-state index in [0.29, 0.717) is 30.5 Å². The number of likely N-dealkylation sites (tertiary alicyclic amines) is 1. The number of amides is 1. The number of nitrogens with zero attached hydrogens (tertiary/aromatic N) is 4. The molecular weight excluding hydrogens is 383 g/mol. The fourth-order valence-corrected chi connectivity index (χ4v) is 3.60. The molecule has 0 saturated carbocycles. The molecule has 2 aromatic heterocycles. The molecule has 1 fully saturated rings. The van der Waals surface area contributed by atoms with Crippen LogP contribution in [0, 0.1) is 5.82 Å². The SMILES string of the molecule is O=C(Cc1c(F)cccc1Cl)N1CCC[C@H](c2noc(-c3ccccn3)n2)C1. The van der Waals surface area contributed by atoms with E-state index in [-0.39, 0.29) is 28.8 Å². The molecule has 6 nitrogen and oxygen atoms in total. The number of piperidine rings is 1. The van der Waals surface area contributed by atoms with Gasteiger partial charge in [0.25, 0.3) is 5.89 Å². The third kappa shape index (κ3) is 3.89. The van der Waals surface area contributed by atoms with Crippen molar-refractivity contribution in [2.45, 2.75) is 25.2 Å². The molecule has 28 heavy (non-hydrogen) atoms. The molecule has 144 valence electrons. The largest absolute Gasteiger partial charge is 0.342 e. The van der Waals surface area contributed by atoms with Gasteiger partial charge in [0.2, 0.25) is 5.91 Å². The highest BCUT2D eigenvalue weighted by molar-refractivity contribution is 6.31. The zero-order valence-corrected chi connectivity index (χ0v) is 15.8. The summed E-state index contributed by atoms with van der Waals surface area (Å²) in [5.41, 5.74) is 0.840. The van der Waals surface area contributed by atoms with Gasteiger partial charge < -0.3 is 9.42 Å². The Hall–Kier alpha value is -2.80. The van der Waals surface area contributed by atoms with Crippen LogP contribution in [-0.2, 0) is 11.2 Å². The second kappa shape index (κ2) is 8.06. The highest BCUT2D eigenvalue weighted by atomic mass is 35.5. The van der Waals surface area contributed by atoms with Crippen molar-refractivity contribution in [3.63, 3.8) is 0 Å². The molecule has 0 radical (unpaired) electrons. The quantitative estimate of drug-likeness (QED) is 0.664. The number of carbonyl (C=O) groups is 1. The fraction of sp³-hybridized carbons (Fsp3) is 0.300. The van der Waals surface area contributed by atoms with Crippen LogP contribution in [0.2, 0.25) is 5.02 Å². The van der Waals surface area contributed by atoms with E-state index in [0.717, 1.165) is 12.8 Å². The number of rotatable bonds is 4. The lowest BCUT2D eigenvalue weighted by Gasteiger charge is -2.31. The van der Waals surface area contributed by atoms with Crippen LogP contribution in [0.4, 0.5) is 4.39 Å². The highest BCUT2D eigenvalue weighted by Crippen LogP contribution is 2.28. The molecule has 1 aliphatic heterocycles. The van der Waals surface area contributed by atoms with Crippen molar-refractivity contribution in [1.82, 2.24) is 20.0 Å². The molecule has 0 unspecified atom stereocenters. The Morgan fingerprint density at radius 2 is 2.18 bits per heavy atom. The number of pyridine rings is 1. The molecule has 1 amide bonds. The summed E-state index contributed by atoms with van der Waals surface area (Å²) in [5, 5.41) is 4.34. The minimum absolute atomic E-state index is 0.0324. The van der Waals surface area contributed by atoms with Gasteiger partial charge in [0.1, 0.15) is 11.5 Å². The van der Waals surface area contributed by atoms with E-state index in [1.807, 2.05) is 12.1 Å². The summed E-state index contributed by atoms with van der Waals surface area (Å²) < 4.78 is 19.3. The Morgan fingerprint density at radius 3 is 2.96 bits per heavy atom. The lowest BCUT2D eigenvalue weighted by Crippen LogP contribution is -2.40. The zero-order chi connectivity index (χ0) is 19.5. The average molecular weight is 401 g/mol. The maximum Gasteiger partial charge on any atom is 0.276 e. The predicted octanol–water partition coefficient (Wildman–Crippen LogP) is 3.87. The first kappa shape index (κ1) is 18.6. The van der Waals surface area contributed by atoms with Crippen LogP contribution in [0.15, 0.2) is 47.1 Å². The van der Waals surface area contributed by atoms with Crippen molar-refractivity contribution in [3.05, 3.63) is 64.8 Å². The van der Waals surface area contributed by atoms with Crippen molar-refractivity contribution in [3.8, 4) is 11.6 Å². The van der Waals surface area contributed by atoms with Gasteiger partial charge in [-0.25, -0.2) is 4.39 Å². The number of halogens is 2. The van der Waals surface area contributed by atoms with E-state index in [2.05, 4.69) is 15.1 Å². The summed E-state index contributed by atoms with van der Waals surface area (Å²) in [4.78, 5) is 23.1. The standard InChI is InChI=1S/C20H18ClFN4O2/c21-15-6-3-7-16(22)14(15)11-18(27)26-10-4-5-13(12-26)19-24-20(28-25-19)17-8-1-2-9-23-17/h1-3,6-9,13H,4-5,10-12H2/t13-/m0/s1. The summed E-state index contributed by atoms with van der Waals surface area (Å²) in [7, 11) is 0. The Balaban J connectivity index is 1.46. The summed E-state index contributed by atoms with van der Waals surface area (Å²) in [5.74, 6) is 0.256. The van der Waals surface area contributed by atoms with Crippen molar-refractivity contribution in [2.75, 3.05) is 13.1 Å². The molecule has 4 rings (SSSR count). The van der Waals surface area contributed by atoms with Crippen LogP contribution in [0.25, 0.3) is 11.6 Å². The highest BCUT2D eigenvalue weighted by Gasteiger charge is 2.29. The van der Waals surface area contributed by atoms with Crippen LogP contribution < -0.4 is 0 Å². The number of hydrogen-bond acceptors (Lipinski definition) is 5. The number of hydrogen-bond donors (Lipinski definition) is 0. The third-order valence-electron chi connectivity index (χ3n) is 4.85. The predicted molar refractivity (Wildman–Crippen MR) is 101 cm³/mol. The van der Waals surface area contributed by atoms with Gasteiger partial charge in [0.15, 0.2) is 5.82 Å². The molecule has 0 aliphatic carbocycles. The normalized spacial score (nSPS) is 16.9. The van der Waals surface area contributed by atoms with Crippen LogP contribution >= 0.6 is 11.6 Å². The summed E-state index contributed by atoms with van der Waals surface area (Å²) in [6.07, 6.45) is 3.26. The van der Waals surface area contributed by atoms with Gasteiger partial charge in [-0.1, -0.05) is 28.9 Å². The Morgan fingerprint density at radius 1 is 1.29 bits per heavy atom. The second-order valence-corrected chi connectivity index (χ2v) is 7.14. The van der Waals surface area contributed by atoms with Crippen LogP contribution in [0.3, 0.4) is 0 Å². The number of benzene rings is 1. The Bertz CT molecular complexity index is 959. The van der Waals surface area contributed by atoms with Gasteiger partial charge in [-0.15, -0.1) is 0 Å². The van der Waals surface area contributed by atoms with Gasteiger partial charge in [0.05, 0.1) is 6.42 Å². The smallest absolute Gasteiger partial charge is 0.276 e. The lowest BCUT2D eigenvalue weighted by molar-refractivity contribution is -0.131. The Kier molecular flexibility index (Phi) is 5.34. The van der Waals surface area contributed by atoms with Crippen molar-refractivity contribution >= 4 is 17.5 Å². The maximum absolute atomic E-state index is 14.0. The van der Waals surface area contributed by atoms with Crippen LogP contribution in [-0.4, -0.2) is 39.0 Å². The molecule has 1 saturated heterocycles. The minimum atomic E-state index is -0.465. The molecule has 0 spiro atoms. The van der Waals surface area contributed by atoms with E-state index in [4.69, 9.17) is 16.1 Å². The van der Waals surface area contributed by atoms with Gasteiger partial charge in [0, 0.05) is 35.8 Å². The molecule has 3 heterocycles. The van der Waals surface area contributed by atoms with E-state index in [1.54, 1.807) is 23.2 Å². The first-order valence-corrected chi connectivity index (χ1v) is 9.45. The maximum atomic E-state index is 14.0. The van der Waals surface area contributed by atoms with Gasteiger partial charge in [-0.05, 0) is 37.1 Å². The van der Waals surface area contributed by atoms with Crippen molar-refractivity contribution in [1.29, 1.82) is 0 Å². The zero-order valence-electron chi connectivity index (χ0n) is 15.0. The molecule has 1 aliphatic rings. The summed E-state index contributed by atoms with van der Waals surface area (Å²) in [6, 6.07) is 9.88. The molecule has 3 aromatic rings. The van der Waals surface area contributed by atoms with Crippen LogP contribution in [0.5, 0.6) is 0 Å². The molecule has 1 atom stereocenters. The fourth-order valence-electron chi connectivity index (χ4n) is 3.37. The van der Waals surface area contributed by atoms with Gasteiger partial charge >= 0.3 is 0 Å². The van der Waals surface area contributed by atoms with Crippen LogP contribution in [0.1, 0.15) is 30.1 Å². The number of aromatic nitrogens is 3. The molecule has 8 heteroatoms. The third-order valence-corrected chi connectivity index (χ3v) is 5.21. The molecule has 0 bridgehead atoms. The molecule has 0 N–H and O–H groups in total. The monoisotopic (exact) mass is 400 g/mol. The summed E-state index contributed by atoms with van der Waals surface area (Å²) >= 11 is 6.05. The van der Waals surface area contributed by atoms with Gasteiger partial charge in [-0.3, -0.25) is 9.78 Å².